The Morgan fingerprint density at radius 2 is 2.09 bits per heavy atom. The molecule has 0 aliphatic carbocycles. The second-order valence-electron chi connectivity index (χ2n) is 8.14. The summed E-state index contributed by atoms with van der Waals surface area (Å²) in [5, 5.41) is 27.3. The van der Waals surface area contributed by atoms with Gasteiger partial charge < -0.3 is 36.3 Å². The Morgan fingerprint density at radius 3 is 2.69 bits per heavy atom. The van der Waals surface area contributed by atoms with E-state index in [1.807, 2.05) is 0 Å². The summed E-state index contributed by atoms with van der Waals surface area (Å²) in [6, 6.07) is 1.62. The van der Waals surface area contributed by atoms with E-state index in [-0.39, 0.29) is 41.3 Å². The van der Waals surface area contributed by atoms with Crippen molar-refractivity contribution in [3.8, 4) is 0 Å². The number of nitrogens with zero attached hydrogens (tertiary/aromatic N) is 1. The van der Waals surface area contributed by atoms with E-state index in [9.17, 15) is 18.0 Å². The number of nitrogens with one attached hydrogen (secondary N) is 6. The van der Waals surface area contributed by atoms with Crippen LogP contribution in [0.1, 0.15) is 30.4 Å². The third-order valence-corrected chi connectivity index (χ3v) is 5.86. The molecule has 1 unspecified atom stereocenters. The van der Waals surface area contributed by atoms with Crippen LogP contribution in [0.4, 0.5) is 23.7 Å². The molecule has 9 nitrogen and oxygen atoms in total. The van der Waals surface area contributed by atoms with E-state index in [4.69, 9.17) is 15.6 Å². The third-order valence-electron chi connectivity index (χ3n) is 5.86. The van der Waals surface area contributed by atoms with Crippen LogP contribution in [-0.2, 0) is 4.74 Å². The fourth-order valence-electron chi connectivity index (χ4n) is 4.06. The number of amides is 2. The zero-order valence-corrected chi connectivity index (χ0v) is 19.6. The maximum absolute atomic E-state index is 15.0. The van der Waals surface area contributed by atoms with E-state index in [0.717, 1.165) is 30.5 Å². The Morgan fingerprint density at radius 1 is 1.31 bits per heavy atom. The molecule has 2 heterocycles. The van der Waals surface area contributed by atoms with Gasteiger partial charge in [-0.2, -0.15) is 0 Å². The normalized spacial score (nSPS) is 18.5. The van der Waals surface area contributed by atoms with E-state index in [2.05, 4.69) is 21.3 Å². The van der Waals surface area contributed by atoms with Gasteiger partial charge in [-0.15, -0.1) is 0 Å². The molecule has 6 N–H and O–H groups in total. The number of carbonyl (C=O) groups is 1. The maximum atomic E-state index is 15.0. The maximum Gasteiger partial charge on any atom is 0.317 e. The molecule has 0 bridgehead atoms. The van der Waals surface area contributed by atoms with Crippen molar-refractivity contribution >= 4 is 29.3 Å². The quantitative estimate of drug-likeness (QED) is 0.245. The largest absolute Gasteiger partial charge is 0.393 e. The second-order valence-corrected chi connectivity index (χ2v) is 8.14. The summed E-state index contributed by atoms with van der Waals surface area (Å²) in [5.74, 6) is -1.05. The first kappa shape index (κ1) is 26.1. The topological polar surface area (TPSA) is 125 Å². The van der Waals surface area contributed by atoms with Gasteiger partial charge in [0.05, 0.1) is 24.9 Å². The van der Waals surface area contributed by atoms with Gasteiger partial charge in [0.1, 0.15) is 11.7 Å². The fraction of sp³-hybridized carbons (Fsp3) is 0.435. The van der Waals surface area contributed by atoms with Gasteiger partial charge in [-0.3, -0.25) is 5.41 Å². The van der Waals surface area contributed by atoms with Gasteiger partial charge in [-0.25, -0.2) is 18.0 Å². The highest BCUT2D eigenvalue weighted by Crippen LogP contribution is 2.32. The number of benzene rings is 1. The minimum atomic E-state index is -2.93. The highest BCUT2D eigenvalue weighted by atomic mass is 19.3. The number of urea groups is 1. The van der Waals surface area contributed by atoms with Gasteiger partial charge in [0.15, 0.2) is 0 Å². The van der Waals surface area contributed by atoms with Crippen LogP contribution < -0.4 is 21.3 Å². The molecule has 12 heteroatoms. The predicted octanol–water partition coefficient (Wildman–Crippen LogP) is 3.04. The van der Waals surface area contributed by atoms with Gasteiger partial charge in [0, 0.05) is 68.5 Å². The lowest BCUT2D eigenvalue weighted by molar-refractivity contribution is 0.151. The number of ether oxygens (including phenoxy) is 1. The number of alkyl halides is 2. The summed E-state index contributed by atoms with van der Waals surface area (Å²) in [5.41, 5.74) is 0.361. The number of anilines is 1. The number of allylic oxidation sites excluding steroid dienone is 1. The minimum Gasteiger partial charge on any atom is -0.393 e. The molecule has 190 valence electrons. The molecule has 0 saturated carbocycles. The van der Waals surface area contributed by atoms with Crippen LogP contribution in [0.3, 0.4) is 0 Å². The molecular formula is C23H30F3N7O2. The van der Waals surface area contributed by atoms with Gasteiger partial charge >= 0.3 is 6.03 Å². The molecule has 35 heavy (non-hydrogen) atoms. The van der Waals surface area contributed by atoms with E-state index < -0.39 is 17.8 Å². The standard InChI is InChI=1S/C23H30F3N7O2/c1-29-10-13(9-27)15-7-18(24)20(8-16(15)21(25)26)32-22(28)17-11-33(23(34)30-2)5-3-19(17)31-14-4-6-35-12-14/h7-10,14,21,27,29,31H,3-6,11-12H2,1-2H3,(H2,28,32)(H,30,34)/b13-10+,27-9?. The molecule has 3 rings (SSSR count). The lowest BCUT2D eigenvalue weighted by atomic mass is 9.99. The first-order chi connectivity index (χ1) is 16.8. The number of rotatable bonds is 8. The Balaban J connectivity index is 1.94. The van der Waals surface area contributed by atoms with Crippen molar-refractivity contribution in [2.75, 3.05) is 45.7 Å². The third kappa shape index (κ3) is 6.13. The summed E-state index contributed by atoms with van der Waals surface area (Å²) in [7, 11) is 3.05. The Bertz CT molecular complexity index is 1040. The first-order valence-electron chi connectivity index (χ1n) is 11.2. The van der Waals surface area contributed by atoms with Crippen molar-refractivity contribution in [3.05, 3.63) is 46.5 Å². The number of carbonyl (C=O) groups excluding carboxylic acids is 1. The van der Waals surface area contributed by atoms with Gasteiger partial charge in [0.2, 0.25) is 0 Å². The molecule has 1 fully saturated rings. The zero-order valence-electron chi connectivity index (χ0n) is 19.6. The van der Waals surface area contributed by atoms with Crippen LogP contribution in [-0.4, -0.2) is 69.4 Å². The Labute approximate surface area is 201 Å². The summed E-state index contributed by atoms with van der Waals surface area (Å²) in [6.07, 6.45) is 0.493. The van der Waals surface area contributed by atoms with Crippen LogP contribution >= 0.6 is 0 Å². The molecule has 2 aliphatic heterocycles. The highest BCUT2D eigenvalue weighted by Gasteiger charge is 2.28. The van der Waals surface area contributed by atoms with Crippen molar-refractivity contribution in [3.63, 3.8) is 0 Å². The van der Waals surface area contributed by atoms with Crippen LogP contribution in [0.5, 0.6) is 0 Å². The molecule has 0 radical (unpaired) electrons. The average molecular weight is 494 g/mol. The van der Waals surface area contributed by atoms with Crippen LogP contribution in [0.15, 0.2) is 29.6 Å². The number of halogens is 3. The first-order valence-corrected chi connectivity index (χ1v) is 11.2. The lowest BCUT2D eigenvalue weighted by Crippen LogP contribution is -2.46. The molecule has 2 aliphatic rings. The van der Waals surface area contributed by atoms with Crippen molar-refractivity contribution in [1.82, 2.24) is 20.9 Å². The molecule has 0 aromatic heterocycles. The minimum absolute atomic E-state index is 0.0549. The number of hydrogen-bond acceptors (Lipinski definition) is 6. The van der Waals surface area contributed by atoms with Crippen molar-refractivity contribution in [1.29, 1.82) is 10.8 Å². The zero-order chi connectivity index (χ0) is 25.5. The Hall–Kier alpha value is -3.54. The molecule has 2 amide bonds. The van der Waals surface area contributed by atoms with Gasteiger partial charge in [0.25, 0.3) is 6.43 Å². The van der Waals surface area contributed by atoms with E-state index in [1.165, 1.54) is 18.1 Å². The van der Waals surface area contributed by atoms with Crippen molar-refractivity contribution in [2.24, 2.45) is 0 Å². The Kier molecular flexibility index (Phi) is 8.74. The summed E-state index contributed by atoms with van der Waals surface area (Å²) in [4.78, 5) is 13.7. The molecular weight excluding hydrogens is 463 g/mol. The molecule has 1 atom stereocenters. The van der Waals surface area contributed by atoms with E-state index in [1.54, 1.807) is 7.05 Å². The van der Waals surface area contributed by atoms with Crippen molar-refractivity contribution in [2.45, 2.75) is 25.3 Å². The van der Waals surface area contributed by atoms with Gasteiger partial charge in [-0.1, -0.05) is 0 Å². The molecule has 0 spiro atoms. The summed E-state index contributed by atoms with van der Waals surface area (Å²) >= 11 is 0. The SMILES string of the molecule is CN/C=C(\C=N)c1cc(F)c(NC(=N)C2=C(NC3CCOC3)CCN(C(=O)NC)C2)cc1C(F)F. The van der Waals surface area contributed by atoms with Gasteiger partial charge in [-0.05, 0) is 24.1 Å². The smallest absolute Gasteiger partial charge is 0.317 e. The van der Waals surface area contributed by atoms with E-state index >= 15 is 0 Å². The van der Waals surface area contributed by atoms with Crippen LogP contribution in [0.2, 0.25) is 0 Å². The van der Waals surface area contributed by atoms with Crippen LogP contribution in [0.25, 0.3) is 5.57 Å². The number of hydrogen-bond donors (Lipinski definition) is 6. The fourth-order valence-corrected chi connectivity index (χ4v) is 4.06. The predicted molar refractivity (Wildman–Crippen MR) is 129 cm³/mol. The monoisotopic (exact) mass is 493 g/mol. The van der Waals surface area contributed by atoms with Crippen molar-refractivity contribution < 1.29 is 22.7 Å². The molecule has 1 aromatic carbocycles. The average Bonchev–Trinajstić information content (AvgIpc) is 3.36. The lowest BCUT2D eigenvalue weighted by Gasteiger charge is -2.32. The second kappa shape index (κ2) is 11.7. The van der Waals surface area contributed by atoms with E-state index in [0.29, 0.717) is 31.8 Å². The molecule has 1 saturated heterocycles. The summed E-state index contributed by atoms with van der Waals surface area (Å²) < 4.78 is 48.0. The summed E-state index contributed by atoms with van der Waals surface area (Å²) in [6.45, 7) is 1.65. The number of amidine groups is 1. The highest BCUT2D eigenvalue weighted by molar-refractivity contribution is 6.10. The van der Waals surface area contributed by atoms with Crippen LogP contribution in [0, 0.1) is 16.6 Å². The molecule has 1 aromatic rings.